The minimum Gasteiger partial charge on any atom is -0.383 e. The van der Waals surface area contributed by atoms with Crippen molar-refractivity contribution < 1.29 is 14.3 Å². The van der Waals surface area contributed by atoms with E-state index in [2.05, 4.69) is 16.0 Å². The molecule has 3 N–H and O–H groups in total. The van der Waals surface area contributed by atoms with Crippen LogP contribution >= 0.6 is 0 Å². The summed E-state index contributed by atoms with van der Waals surface area (Å²) >= 11 is 0. The zero-order valence-electron chi connectivity index (χ0n) is 13.0. The second kappa shape index (κ2) is 8.26. The molecule has 1 aromatic rings. The molecule has 0 aliphatic rings. The highest BCUT2D eigenvalue weighted by atomic mass is 16.5. The van der Waals surface area contributed by atoms with Gasteiger partial charge in [0.15, 0.2) is 0 Å². The number of anilines is 1. The van der Waals surface area contributed by atoms with Crippen LogP contribution in [0.25, 0.3) is 0 Å². The van der Waals surface area contributed by atoms with Crippen molar-refractivity contribution in [1.29, 1.82) is 0 Å². The predicted molar refractivity (Wildman–Crippen MR) is 82.6 cm³/mol. The van der Waals surface area contributed by atoms with Crippen LogP contribution in [0.4, 0.5) is 10.5 Å². The summed E-state index contributed by atoms with van der Waals surface area (Å²) in [6, 6.07) is 3.63. The molecule has 1 aromatic carbocycles. The number of amides is 3. The fourth-order valence-corrected chi connectivity index (χ4v) is 2.05. The first-order valence-corrected chi connectivity index (χ1v) is 6.82. The number of aryl methyl sites for hydroxylation is 3. The Balaban J connectivity index is 2.46. The summed E-state index contributed by atoms with van der Waals surface area (Å²) in [4.78, 5) is 23.3. The van der Waals surface area contributed by atoms with Crippen LogP contribution in [-0.4, -0.2) is 38.7 Å². The molecule has 6 heteroatoms. The van der Waals surface area contributed by atoms with Crippen molar-refractivity contribution in [1.82, 2.24) is 10.6 Å². The van der Waals surface area contributed by atoms with Gasteiger partial charge in [-0.1, -0.05) is 17.7 Å². The number of hydrogen-bond donors (Lipinski definition) is 3. The van der Waals surface area contributed by atoms with Crippen LogP contribution < -0.4 is 16.0 Å². The molecule has 0 aliphatic carbocycles. The Morgan fingerprint density at radius 3 is 2.29 bits per heavy atom. The van der Waals surface area contributed by atoms with E-state index < -0.39 is 0 Å². The zero-order valence-corrected chi connectivity index (χ0v) is 13.0. The first-order chi connectivity index (χ1) is 9.93. The van der Waals surface area contributed by atoms with Gasteiger partial charge in [-0.25, -0.2) is 4.79 Å². The number of rotatable bonds is 6. The minimum absolute atomic E-state index is 0.0778. The summed E-state index contributed by atoms with van der Waals surface area (Å²) in [6.45, 7) is 6.66. The molecule has 0 unspecified atom stereocenters. The molecule has 21 heavy (non-hydrogen) atoms. The van der Waals surface area contributed by atoms with Crippen LogP contribution in [0.2, 0.25) is 0 Å². The zero-order chi connectivity index (χ0) is 15.8. The molecule has 1 rings (SSSR count). The van der Waals surface area contributed by atoms with E-state index in [1.807, 2.05) is 32.9 Å². The average Bonchev–Trinajstić information content (AvgIpc) is 2.41. The summed E-state index contributed by atoms with van der Waals surface area (Å²) in [5, 5.41) is 7.89. The van der Waals surface area contributed by atoms with Crippen LogP contribution in [0, 0.1) is 20.8 Å². The lowest BCUT2D eigenvalue weighted by Gasteiger charge is -2.13. The predicted octanol–water partition coefficient (Wildman–Crippen LogP) is 1.50. The van der Waals surface area contributed by atoms with Gasteiger partial charge in [0.05, 0.1) is 13.2 Å². The molecular weight excluding hydrogens is 270 g/mol. The molecule has 0 heterocycles. The van der Waals surface area contributed by atoms with E-state index in [1.165, 1.54) is 0 Å². The third-order valence-corrected chi connectivity index (χ3v) is 2.94. The standard InChI is InChI=1S/C15H23N3O3/c1-10-7-11(2)14(12(3)8-10)18-13(19)9-17-15(20)16-5-6-21-4/h7-8H,5-6,9H2,1-4H3,(H,18,19)(H2,16,17,20). The van der Waals surface area contributed by atoms with Crippen molar-refractivity contribution in [3.63, 3.8) is 0 Å². The lowest BCUT2D eigenvalue weighted by Crippen LogP contribution is -2.41. The van der Waals surface area contributed by atoms with Crippen LogP contribution in [0.3, 0.4) is 0 Å². The number of ether oxygens (including phenoxy) is 1. The molecule has 0 bridgehead atoms. The molecule has 0 radical (unpaired) electrons. The fourth-order valence-electron chi connectivity index (χ4n) is 2.05. The molecule has 0 aromatic heterocycles. The van der Waals surface area contributed by atoms with Gasteiger partial charge in [0, 0.05) is 19.3 Å². The Hall–Kier alpha value is -2.08. The van der Waals surface area contributed by atoms with Gasteiger partial charge in [-0.3, -0.25) is 4.79 Å². The number of hydrogen-bond acceptors (Lipinski definition) is 3. The van der Waals surface area contributed by atoms with E-state index in [1.54, 1.807) is 7.11 Å². The van der Waals surface area contributed by atoms with Crippen molar-refractivity contribution in [2.45, 2.75) is 20.8 Å². The van der Waals surface area contributed by atoms with Crippen molar-refractivity contribution in [3.05, 3.63) is 28.8 Å². The van der Waals surface area contributed by atoms with Gasteiger partial charge in [-0.2, -0.15) is 0 Å². The first kappa shape index (κ1) is 17.0. The number of carbonyl (C=O) groups is 2. The number of methoxy groups -OCH3 is 1. The molecule has 116 valence electrons. The van der Waals surface area contributed by atoms with Gasteiger partial charge in [0.1, 0.15) is 0 Å². The van der Waals surface area contributed by atoms with Crippen LogP contribution in [0.1, 0.15) is 16.7 Å². The van der Waals surface area contributed by atoms with Gasteiger partial charge >= 0.3 is 6.03 Å². The van der Waals surface area contributed by atoms with E-state index in [9.17, 15) is 9.59 Å². The van der Waals surface area contributed by atoms with Gasteiger partial charge in [0.2, 0.25) is 5.91 Å². The topological polar surface area (TPSA) is 79.5 Å². The summed E-state index contributed by atoms with van der Waals surface area (Å²) in [5.74, 6) is -0.257. The van der Waals surface area contributed by atoms with E-state index in [4.69, 9.17) is 4.74 Å². The normalized spacial score (nSPS) is 10.1. The molecule has 0 fully saturated rings. The molecule has 0 aliphatic heterocycles. The SMILES string of the molecule is COCCNC(=O)NCC(=O)Nc1c(C)cc(C)cc1C. The average molecular weight is 293 g/mol. The first-order valence-electron chi connectivity index (χ1n) is 6.82. The third kappa shape index (κ3) is 5.83. The molecule has 0 spiro atoms. The maximum atomic E-state index is 11.9. The van der Waals surface area contributed by atoms with E-state index >= 15 is 0 Å². The molecule has 0 saturated carbocycles. The Kier molecular flexibility index (Phi) is 6.68. The minimum atomic E-state index is -0.389. The molecular formula is C15H23N3O3. The highest BCUT2D eigenvalue weighted by Gasteiger charge is 2.09. The van der Waals surface area contributed by atoms with Crippen molar-refractivity contribution in [2.75, 3.05) is 32.1 Å². The number of benzene rings is 1. The Bertz CT molecular complexity index is 492. The van der Waals surface area contributed by atoms with Crippen LogP contribution in [0.5, 0.6) is 0 Å². The summed E-state index contributed by atoms with van der Waals surface area (Å²) < 4.78 is 4.81. The van der Waals surface area contributed by atoms with Gasteiger partial charge < -0.3 is 20.7 Å². The Morgan fingerprint density at radius 1 is 1.10 bits per heavy atom. The van der Waals surface area contributed by atoms with E-state index in [0.29, 0.717) is 13.2 Å². The van der Waals surface area contributed by atoms with E-state index in [0.717, 1.165) is 22.4 Å². The van der Waals surface area contributed by atoms with Gasteiger partial charge in [-0.05, 0) is 31.9 Å². The maximum absolute atomic E-state index is 11.9. The number of carbonyl (C=O) groups excluding carboxylic acids is 2. The maximum Gasteiger partial charge on any atom is 0.315 e. The highest BCUT2D eigenvalue weighted by molar-refractivity contribution is 5.95. The monoisotopic (exact) mass is 293 g/mol. The van der Waals surface area contributed by atoms with Crippen molar-refractivity contribution in [2.24, 2.45) is 0 Å². The second-order valence-corrected chi connectivity index (χ2v) is 4.92. The van der Waals surface area contributed by atoms with Crippen LogP contribution in [-0.2, 0) is 9.53 Å². The summed E-state index contributed by atoms with van der Waals surface area (Å²) in [7, 11) is 1.55. The molecule has 0 atom stereocenters. The lowest BCUT2D eigenvalue weighted by atomic mass is 10.1. The van der Waals surface area contributed by atoms with Crippen LogP contribution in [0.15, 0.2) is 12.1 Å². The van der Waals surface area contributed by atoms with E-state index in [-0.39, 0.29) is 18.5 Å². The smallest absolute Gasteiger partial charge is 0.315 e. The molecule has 3 amide bonds. The summed E-state index contributed by atoms with van der Waals surface area (Å²) in [6.07, 6.45) is 0. The molecule has 6 nitrogen and oxygen atoms in total. The highest BCUT2D eigenvalue weighted by Crippen LogP contribution is 2.21. The Labute approximate surface area is 125 Å². The number of nitrogens with one attached hydrogen (secondary N) is 3. The quantitative estimate of drug-likeness (QED) is 0.695. The summed E-state index contributed by atoms with van der Waals surface area (Å²) in [5.41, 5.74) is 3.96. The van der Waals surface area contributed by atoms with Gasteiger partial charge in [-0.15, -0.1) is 0 Å². The number of urea groups is 1. The van der Waals surface area contributed by atoms with Crippen molar-refractivity contribution >= 4 is 17.6 Å². The lowest BCUT2D eigenvalue weighted by molar-refractivity contribution is -0.115. The molecule has 0 saturated heterocycles. The second-order valence-electron chi connectivity index (χ2n) is 4.92. The van der Waals surface area contributed by atoms with Gasteiger partial charge in [0.25, 0.3) is 0 Å². The third-order valence-electron chi connectivity index (χ3n) is 2.94. The van der Waals surface area contributed by atoms with Crippen molar-refractivity contribution in [3.8, 4) is 0 Å². The fraction of sp³-hybridized carbons (Fsp3) is 0.467. The largest absolute Gasteiger partial charge is 0.383 e. The Morgan fingerprint density at radius 2 is 1.71 bits per heavy atom.